The predicted octanol–water partition coefficient (Wildman–Crippen LogP) is 0.0793. The van der Waals surface area contributed by atoms with Crippen molar-refractivity contribution in [2.24, 2.45) is 16.8 Å². The van der Waals surface area contributed by atoms with Crippen LogP contribution in [0.5, 0.6) is 0 Å². The Bertz CT molecular complexity index is 375. The Labute approximate surface area is 108 Å². The van der Waals surface area contributed by atoms with Crippen molar-refractivity contribution in [1.29, 1.82) is 0 Å². The molecule has 0 spiro atoms. The highest BCUT2D eigenvalue weighted by Gasteiger charge is 2.23. The van der Waals surface area contributed by atoms with Crippen molar-refractivity contribution < 1.29 is 13.6 Å². The molecule has 1 unspecified atom stereocenters. The lowest BCUT2D eigenvalue weighted by molar-refractivity contribution is 0.314. The minimum Gasteiger partial charge on any atom is -0.409 e. The summed E-state index contributed by atoms with van der Waals surface area (Å²) in [5.41, 5.74) is 5.40. The Morgan fingerprint density at radius 2 is 1.94 bits per heavy atom. The van der Waals surface area contributed by atoms with Crippen LogP contribution in [0.15, 0.2) is 5.16 Å². The summed E-state index contributed by atoms with van der Waals surface area (Å²) in [5, 5.41) is 11.4. The smallest absolute Gasteiger partial charge is 0.279 e. The van der Waals surface area contributed by atoms with E-state index in [9.17, 15) is 8.42 Å². The number of rotatable bonds is 5. The van der Waals surface area contributed by atoms with Crippen LogP contribution < -0.4 is 10.5 Å². The Kier molecular flexibility index (Phi) is 5.83. The topological polar surface area (TPSA) is 108 Å². The van der Waals surface area contributed by atoms with E-state index in [2.05, 4.69) is 9.88 Å². The van der Waals surface area contributed by atoms with Crippen LogP contribution in [0.1, 0.15) is 32.6 Å². The van der Waals surface area contributed by atoms with E-state index in [0.29, 0.717) is 13.1 Å². The highest BCUT2D eigenvalue weighted by atomic mass is 32.2. The Balaban J connectivity index is 2.53. The number of hydrogen-bond donors (Lipinski definition) is 3. The van der Waals surface area contributed by atoms with Crippen molar-refractivity contribution in [1.82, 2.24) is 9.03 Å². The monoisotopic (exact) mass is 278 g/mol. The van der Waals surface area contributed by atoms with Gasteiger partial charge in [-0.2, -0.15) is 12.7 Å². The maximum atomic E-state index is 12.0. The second-order valence-electron chi connectivity index (χ2n) is 4.59. The fourth-order valence-electron chi connectivity index (χ4n) is 1.81. The van der Waals surface area contributed by atoms with Gasteiger partial charge in [0.2, 0.25) is 0 Å². The van der Waals surface area contributed by atoms with Gasteiger partial charge in [-0.05, 0) is 12.8 Å². The molecule has 1 atom stereocenters. The molecule has 0 amide bonds. The maximum absolute atomic E-state index is 12.0. The summed E-state index contributed by atoms with van der Waals surface area (Å²) in [5.74, 6) is -0.315. The van der Waals surface area contributed by atoms with Gasteiger partial charge in [0.15, 0.2) is 0 Å². The zero-order chi connectivity index (χ0) is 13.6. The number of nitrogens with one attached hydrogen (secondary N) is 1. The van der Waals surface area contributed by atoms with Crippen LogP contribution in [0.4, 0.5) is 0 Å². The van der Waals surface area contributed by atoms with Gasteiger partial charge < -0.3 is 10.9 Å². The van der Waals surface area contributed by atoms with E-state index in [1.165, 1.54) is 4.31 Å². The molecule has 0 aromatic rings. The van der Waals surface area contributed by atoms with Crippen molar-refractivity contribution in [3.05, 3.63) is 0 Å². The van der Waals surface area contributed by atoms with E-state index in [4.69, 9.17) is 10.9 Å². The van der Waals surface area contributed by atoms with Crippen LogP contribution in [0, 0.1) is 5.92 Å². The van der Waals surface area contributed by atoms with Crippen molar-refractivity contribution in [3.8, 4) is 0 Å². The predicted molar refractivity (Wildman–Crippen MR) is 69.5 cm³/mol. The van der Waals surface area contributed by atoms with Crippen LogP contribution in [0.3, 0.4) is 0 Å². The third-order valence-corrected chi connectivity index (χ3v) is 4.67. The summed E-state index contributed by atoms with van der Waals surface area (Å²) in [7, 11) is -3.45. The molecule has 4 N–H and O–H groups in total. The molecule has 1 aliphatic heterocycles. The molecular weight excluding hydrogens is 256 g/mol. The minimum atomic E-state index is -3.45. The fraction of sp³-hybridized carbons (Fsp3) is 0.900. The standard InChI is InChI=1S/C10H22N4O3S/c1-9(10(11)13-15)8-12-18(16,17)14-6-4-2-3-5-7-14/h9,12,15H,2-8H2,1H3,(H2,11,13). The van der Waals surface area contributed by atoms with Crippen LogP contribution in [0.2, 0.25) is 0 Å². The second-order valence-corrected chi connectivity index (χ2v) is 6.35. The lowest BCUT2D eigenvalue weighted by Gasteiger charge is -2.21. The quantitative estimate of drug-likeness (QED) is 0.286. The molecule has 0 radical (unpaired) electrons. The average molecular weight is 278 g/mol. The van der Waals surface area contributed by atoms with Crippen LogP contribution in [0.25, 0.3) is 0 Å². The summed E-state index contributed by atoms with van der Waals surface area (Å²) in [6.45, 7) is 2.95. The molecule has 1 rings (SSSR count). The summed E-state index contributed by atoms with van der Waals surface area (Å²) in [4.78, 5) is 0. The van der Waals surface area contributed by atoms with Gasteiger partial charge in [-0.3, -0.25) is 0 Å². The van der Waals surface area contributed by atoms with Gasteiger partial charge >= 0.3 is 0 Å². The molecule has 0 aromatic heterocycles. The molecule has 0 bridgehead atoms. The van der Waals surface area contributed by atoms with Gasteiger partial charge in [0.05, 0.1) is 0 Å². The molecule has 0 aliphatic carbocycles. The SMILES string of the molecule is CC(CNS(=O)(=O)N1CCCCCC1)C(N)=NO. The van der Waals surface area contributed by atoms with Crippen molar-refractivity contribution in [2.45, 2.75) is 32.6 Å². The Morgan fingerprint density at radius 1 is 1.39 bits per heavy atom. The first-order valence-electron chi connectivity index (χ1n) is 6.19. The van der Waals surface area contributed by atoms with E-state index < -0.39 is 10.2 Å². The Hall–Kier alpha value is -0.860. The highest BCUT2D eigenvalue weighted by Crippen LogP contribution is 2.12. The van der Waals surface area contributed by atoms with Crippen LogP contribution >= 0.6 is 0 Å². The number of nitrogens with two attached hydrogens (primary N) is 1. The third-order valence-electron chi connectivity index (χ3n) is 3.10. The molecule has 18 heavy (non-hydrogen) atoms. The highest BCUT2D eigenvalue weighted by molar-refractivity contribution is 7.87. The van der Waals surface area contributed by atoms with E-state index in [-0.39, 0.29) is 18.3 Å². The third kappa shape index (κ3) is 4.43. The molecule has 1 heterocycles. The minimum absolute atomic E-state index is 0.0218. The lowest BCUT2D eigenvalue weighted by Crippen LogP contribution is -2.44. The van der Waals surface area contributed by atoms with E-state index in [1.54, 1.807) is 6.92 Å². The van der Waals surface area contributed by atoms with Gasteiger partial charge in [0.1, 0.15) is 5.84 Å². The zero-order valence-electron chi connectivity index (χ0n) is 10.7. The van der Waals surface area contributed by atoms with Gasteiger partial charge in [-0.15, -0.1) is 0 Å². The number of nitrogens with zero attached hydrogens (tertiary/aromatic N) is 2. The molecule has 0 aromatic carbocycles. The number of amidine groups is 1. The summed E-state index contributed by atoms with van der Waals surface area (Å²) < 4.78 is 28.0. The average Bonchev–Trinajstić information content (AvgIpc) is 2.64. The molecule has 0 saturated carbocycles. The van der Waals surface area contributed by atoms with Gasteiger partial charge in [-0.1, -0.05) is 24.9 Å². The van der Waals surface area contributed by atoms with Gasteiger partial charge in [-0.25, -0.2) is 4.72 Å². The van der Waals surface area contributed by atoms with Crippen molar-refractivity contribution in [2.75, 3.05) is 19.6 Å². The van der Waals surface area contributed by atoms with Gasteiger partial charge in [0.25, 0.3) is 10.2 Å². The normalized spacial score (nSPS) is 21.5. The number of hydrogen-bond acceptors (Lipinski definition) is 4. The van der Waals surface area contributed by atoms with Crippen LogP contribution in [-0.2, 0) is 10.2 Å². The Morgan fingerprint density at radius 3 is 2.44 bits per heavy atom. The molecular formula is C10H22N4O3S. The first-order chi connectivity index (χ1) is 8.47. The molecule has 1 fully saturated rings. The fourth-order valence-corrected chi connectivity index (χ4v) is 3.19. The van der Waals surface area contributed by atoms with Crippen LogP contribution in [-0.4, -0.2) is 43.4 Å². The largest absolute Gasteiger partial charge is 0.409 e. The maximum Gasteiger partial charge on any atom is 0.279 e. The van der Waals surface area contributed by atoms with E-state index in [1.807, 2.05) is 0 Å². The summed E-state index contributed by atoms with van der Waals surface area (Å²) in [6, 6.07) is 0. The summed E-state index contributed by atoms with van der Waals surface area (Å²) >= 11 is 0. The molecule has 8 heteroatoms. The molecule has 106 valence electrons. The first kappa shape index (κ1) is 15.2. The second kappa shape index (κ2) is 6.91. The molecule has 7 nitrogen and oxygen atoms in total. The van der Waals surface area contributed by atoms with Crippen molar-refractivity contribution in [3.63, 3.8) is 0 Å². The molecule has 1 aliphatic rings. The zero-order valence-corrected chi connectivity index (χ0v) is 11.5. The molecule has 1 saturated heterocycles. The first-order valence-corrected chi connectivity index (χ1v) is 7.63. The van der Waals surface area contributed by atoms with Crippen molar-refractivity contribution >= 4 is 16.0 Å². The number of oxime groups is 1. The van der Waals surface area contributed by atoms with E-state index in [0.717, 1.165) is 25.7 Å². The van der Waals surface area contributed by atoms with Gasteiger partial charge in [0, 0.05) is 25.6 Å². The van der Waals surface area contributed by atoms with E-state index >= 15 is 0 Å². The lowest BCUT2D eigenvalue weighted by atomic mass is 10.2. The summed E-state index contributed by atoms with van der Waals surface area (Å²) in [6.07, 6.45) is 3.95.